The van der Waals surface area contributed by atoms with Crippen molar-refractivity contribution in [3.63, 3.8) is 0 Å². The first-order valence-corrected chi connectivity index (χ1v) is 6.10. The Morgan fingerprint density at radius 1 is 1.44 bits per heavy atom. The van der Waals surface area contributed by atoms with Crippen LogP contribution in [-0.4, -0.2) is 14.8 Å². The van der Waals surface area contributed by atoms with E-state index < -0.39 is 0 Å². The lowest BCUT2D eigenvalue weighted by atomic mass is 10.3. The summed E-state index contributed by atoms with van der Waals surface area (Å²) in [6.07, 6.45) is -0.261. The third-order valence-corrected chi connectivity index (χ3v) is 2.91. The summed E-state index contributed by atoms with van der Waals surface area (Å²) >= 11 is 5.11. The van der Waals surface area contributed by atoms with E-state index in [1.165, 1.54) is 12.1 Å². The normalized spacial score (nSPS) is 12.4. The lowest BCUT2D eigenvalue weighted by molar-refractivity contribution is 0.210. The Morgan fingerprint density at radius 2 is 2.11 bits per heavy atom. The topological polar surface area (TPSA) is 42.8 Å². The van der Waals surface area contributed by atoms with Crippen LogP contribution in [0.15, 0.2) is 24.3 Å². The smallest absolute Gasteiger partial charge is 0.195 e. The van der Waals surface area contributed by atoms with Gasteiger partial charge in [-0.2, -0.15) is 5.10 Å². The van der Waals surface area contributed by atoms with Gasteiger partial charge in [0.2, 0.25) is 0 Å². The molecule has 96 valence electrons. The summed E-state index contributed by atoms with van der Waals surface area (Å²) in [6, 6.07) is 5.89. The molecular formula is C12H14FN3OS. The molecule has 0 unspecified atom stereocenters. The minimum absolute atomic E-state index is 0.261. The lowest BCUT2D eigenvalue weighted by Gasteiger charge is -2.14. The predicted octanol–water partition coefficient (Wildman–Crippen LogP) is 3.24. The Kier molecular flexibility index (Phi) is 3.76. The largest absolute Gasteiger partial charge is 0.483 e. The molecule has 18 heavy (non-hydrogen) atoms. The van der Waals surface area contributed by atoms with E-state index >= 15 is 0 Å². The van der Waals surface area contributed by atoms with Gasteiger partial charge in [-0.3, -0.25) is 5.10 Å². The molecule has 0 aliphatic heterocycles. The Balaban J connectivity index is 2.19. The van der Waals surface area contributed by atoms with E-state index in [4.69, 9.17) is 17.0 Å². The Hall–Kier alpha value is -1.69. The molecule has 0 aliphatic rings. The Bertz CT molecular complexity index is 576. The van der Waals surface area contributed by atoms with Crippen LogP contribution in [0.25, 0.3) is 0 Å². The van der Waals surface area contributed by atoms with E-state index in [0.29, 0.717) is 10.5 Å². The molecule has 1 atom stereocenters. The maximum Gasteiger partial charge on any atom is 0.195 e. The molecule has 0 saturated carbocycles. The summed E-state index contributed by atoms with van der Waals surface area (Å²) in [7, 11) is 0. The highest BCUT2D eigenvalue weighted by Crippen LogP contribution is 2.20. The molecule has 0 radical (unpaired) electrons. The fourth-order valence-electron chi connectivity index (χ4n) is 1.72. The average molecular weight is 267 g/mol. The van der Waals surface area contributed by atoms with Gasteiger partial charge in [-0.1, -0.05) is 0 Å². The van der Waals surface area contributed by atoms with E-state index in [-0.39, 0.29) is 11.9 Å². The molecule has 1 aromatic carbocycles. The SMILES string of the molecule is CCn1c([C@H](C)Oc2ccc(F)cc2)n[nH]c1=S. The molecule has 4 nitrogen and oxygen atoms in total. The number of nitrogens with one attached hydrogen (secondary N) is 1. The van der Waals surface area contributed by atoms with Crippen LogP contribution in [0.5, 0.6) is 5.75 Å². The number of rotatable bonds is 4. The molecule has 1 heterocycles. The van der Waals surface area contributed by atoms with Crippen LogP contribution in [0.4, 0.5) is 4.39 Å². The van der Waals surface area contributed by atoms with Crippen molar-refractivity contribution >= 4 is 12.2 Å². The zero-order valence-electron chi connectivity index (χ0n) is 10.2. The summed E-state index contributed by atoms with van der Waals surface area (Å²) in [5.74, 6) is 1.04. The number of nitrogens with zero attached hydrogens (tertiary/aromatic N) is 2. The monoisotopic (exact) mass is 267 g/mol. The third kappa shape index (κ3) is 2.59. The van der Waals surface area contributed by atoms with Gasteiger partial charge < -0.3 is 9.30 Å². The molecule has 1 N–H and O–H groups in total. The summed E-state index contributed by atoms with van der Waals surface area (Å²) in [5, 5.41) is 6.89. The second-order valence-electron chi connectivity index (χ2n) is 3.85. The number of hydrogen-bond donors (Lipinski definition) is 1. The lowest BCUT2D eigenvalue weighted by Crippen LogP contribution is -2.11. The molecule has 0 spiro atoms. The van der Waals surface area contributed by atoms with Gasteiger partial charge in [0.1, 0.15) is 11.6 Å². The first-order valence-electron chi connectivity index (χ1n) is 5.69. The highest BCUT2D eigenvalue weighted by Gasteiger charge is 2.14. The summed E-state index contributed by atoms with van der Waals surface area (Å²) in [4.78, 5) is 0. The number of aromatic amines is 1. The van der Waals surface area contributed by atoms with Gasteiger partial charge in [0.05, 0.1) is 0 Å². The second-order valence-corrected chi connectivity index (χ2v) is 4.23. The van der Waals surface area contributed by atoms with E-state index in [2.05, 4.69) is 10.2 Å². The molecular weight excluding hydrogens is 253 g/mol. The minimum Gasteiger partial charge on any atom is -0.483 e. The number of aromatic nitrogens is 3. The standard InChI is InChI=1S/C12H14FN3OS/c1-3-16-11(14-15-12(16)18)8(2)17-10-6-4-9(13)5-7-10/h4-8H,3H2,1-2H3,(H,15,18)/t8-/m0/s1. The molecule has 0 amide bonds. The van der Waals surface area contributed by atoms with Crippen molar-refractivity contribution in [3.05, 3.63) is 40.7 Å². The second kappa shape index (κ2) is 5.30. The average Bonchev–Trinajstić information content (AvgIpc) is 2.73. The van der Waals surface area contributed by atoms with E-state index in [0.717, 1.165) is 12.4 Å². The summed E-state index contributed by atoms with van der Waals surface area (Å²) in [6.45, 7) is 4.59. The van der Waals surface area contributed by atoms with Gasteiger partial charge in [0, 0.05) is 6.54 Å². The Morgan fingerprint density at radius 3 is 2.72 bits per heavy atom. The van der Waals surface area contributed by atoms with Gasteiger partial charge in [0.15, 0.2) is 16.7 Å². The zero-order chi connectivity index (χ0) is 13.1. The number of hydrogen-bond acceptors (Lipinski definition) is 3. The number of halogens is 1. The van der Waals surface area contributed by atoms with E-state index in [9.17, 15) is 4.39 Å². The van der Waals surface area contributed by atoms with Gasteiger partial charge in [-0.15, -0.1) is 0 Å². The molecule has 2 aromatic rings. The summed E-state index contributed by atoms with van der Waals surface area (Å²) < 4.78 is 20.9. The first kappa shape index (κ1) is 12.8. The van der Waals surface area contributed by atoms with Crippen molar-refractivity contribution in [3.8, 4) is 5.75 Å². The molecule has 0 aliphatic carbocycles. The van der Waals surface area contributed by atoms with Crippen molar-refractivity contribution in [2.75, 3.05) is 0 Å². The van der Waals surface area contributed by atoms with Crippen molar-refractivity contribution < 1.29 is 9.13 Å². The molecule has 0 bridgehead atoms. The first-order chi connectivity index (χ1) is 8.61. The fourth-order valence-corrected chi connectivity index (χ4v) is 1.98. The minimum atomic E-state index is -0.286. The molecule has 2 rings (SSSR count). The zero-order valence-corrected chi connectivity index (χ0v) is 11.0. The van der Waals surface area contributed by atoms with Crippen LogP contribution < -0.4 is 4.74 Å². The Labute approximate surface area is 109 Å². The molecule has 0 fully saturated rings. The van der Waals surface area contributed by atoms with Crippen LogP contribution in [0.2, 0.25) is 0 Å². The van der Waals surface area contributed by atoms with Crippen molar-refractivity contribution in [1.29, 1.82) is 0 Å². The van der Waals surface area contributed by atoms with Crippen LogP contribution >= 0.6 is 12.2 Å². The van der Waals surface area contributed by atoms with Gasteiger partial charge in [-0.05, 0) is 50.3 Å². The van der Waals surface area contributed by atoms with Crippen LogP contribution in [-0.2, 0) is 6.54 Å². The maximum atomic E-state index is 12.8. The van der Waals surface area contributed by atoms with Crippen molar-refractivity contribution in [2.45, 2.75) is 26.5 Å². The molecule has 1 aromatic heterocycles. The van der Waals surface area contributed by atoms with Crippen molar-refractivity contribution in [1.82, 2.24) is 14.8 Å². The maximum absolute atomic E-state index is 12.8. The van der Waals surface area contributed by atoms with Crippen LogP contribution in [0.1, 0.15) is 25.8 Å². The van der Waals surface area contributed by atoms with Crippen LogP contribution in [0.3, 0.4) is 0 Å². The summed E-state index contributed by atoms with van der Waals surface area (Å²) in [5.41, 5.74) is 0. The molecule has 6 heteroatoms. The van der Waals surface area contributed by atoms with E-state index in [1.54, 1.807) is 12.1 Å². The molecule has 0 saturated heterocycles. The third-order valence-electron chi connectivity index (χ3n) is 2.59. The fraction of sp³-hybridized carbons (Fsp3) is 0.333. The highest BCUT2D eigenvalue weighted by molar-refractivity contribution is 7.71. The highest BCUT2D eigenvalue weighted by atomic mass is 32.1. The predicted molar refractivity (Wildman–Crippen MR) is 68.5 cm³/mol. The van der Waals surface area contributed by atoms with Crippen LogP contribution in [0, 0.1) is 10.6 Å². The number of benzene rings is 1. The van der Waals surface area contributed by atoms with E-state index in [1.807, 2.05) is 18.4 Å². The van der Waals surface area contributed by atoms with Crippen molar-refractivity contribution in [2.24, 2.45) is 0 Å². The van der Waals surface area contributed by atoms with Gasteiger partial charge in [0.25, 0.3) is 0 Å². The number of H-pyrrole nitrogens is 1. The van der Waals surface area contributed by atoms with Gasteiger partial charge >= 0.3 is 0 Å². The quantitative estimate of drug-likeness (QED) is 0.865. The van der Waals surface area contributed by atoms with Gasteiger partial charge in [-0.25, -0.2) is 4.39 Å². The number of ether oxygens (including phenoxy) is 1.